The molecule has 0 saturated carbocycles. The Hall–Kier alpha value is -1.71. The number of rotatable bonds is 3. The van der Waals surface area contributed by atoms with E-state index in [4.69, 9.17) is 0 Å². The fourth-order valence-corrected chi connectivity index (χ4v) is 1.08. The molecular formula is C10H11NO3. The maximum atomic E-state index is 11.5. The molecule has 0 amide bonds. The van der Waals surface area contributed by atoms with Gasteiger partial charge in [0.2, 0.25) is 0 Å². The number of hydrogen-bond acceptors (Lipinski definition) is 4. The molecule has 1 heterocycles. The zero-order valence-corrected chi connectivity index (χ0v) is 8.11. The molecule has 74 valence electrons. The minimum atomic E-state index is -0.522. The van der Waals surface area contributed by atoms with Crippen molar-refractivity contribution in [1.82, 2.24) is 4.98 Å². The van der Waals surface area contributed by atoms with Crippen LogP contribution in [-0.4, -0.2) is 23.8 Å². The Kier molecular flexibility index (Phi) is 3.34. The summed E-state index contributed by atoms with van der Waals surface area (Å²) in [6, 6.07) is 1.60. The third-order valence-electron chi connectivity index (χ3n) is 1.85. The maximum Gasteiger partial charge on any atom is 0.313 e. The molecule has 0 aliphatic carbocycles. The molecule has 0 aliphatic heterocycles. The molecule has 0 unspecified atom stereocenters. The maximum absolute atomic E-state index is 11.5. The molecular weight excluding hydrogens is 182 g/mol. The highest BCUT2D eigenvalue weighted by atomic mass is 16.5. The number of aromatic nitrogens is 1. The summed E-state index contributed by atoms with van der Waals surface area (Å²) in [4.78, 5) is 26.2. The van der Waals surface area contributed by atoms with Crippen molar-refractivity contribution in [2.45, 2.75) is 13.3 Å². The summed E-state index contributed by atoms with van der Waals surface area (Å²) in [6.07, 6.45) is 2.89. The lowest BCUT2D eigenvalue weighted by Gasteiger charge is -2.02. The van der Waals surface area contributed by atoms with Crippen molar-refractivity contribution in [2.75, 3.05) is 7.11 Å². The molecule has 0 saturated heterocycles. The van der Waals surface area contributed by atoms with Crippen molar-refractivity contribution in [2.24, 2.45) is 0 Å². The Morgan fingerprint density at radius 3 is 2.79 bits per heavy atom. The number of hydrogen-bond donors (Lipinski definition) is 0. The highest BCUT2D eigenvalue weighted by molar-refractivity contribution is 6.06. The smallest absolute Gasteiger partial charge is 0.313 e. The Bertz CT molecular complexity index is 360. The Morgan fingerprint density at radius 1 is 1.50 bits per heavy atom. The van der Waals surface area contributed by atoms with Gasteiger partial charge in [-0.25, -0.2) is 0 Å². The molecule has 0 N–H and O–H groups in total. The van der Waals surface area contributed by atoms with E-state index >= 15 is 0 Å². The number of carbonyl (C=O) groups is 2. The second kappa shape index (κ2) is 4.50. The predicted octanol–water partition coefficient (Wildman–Crippen LogP) is 1.14. The van der Waals surface area contributed by atoms with E-state index in [1.807, 2.05) is 0 Å². The van der Waals surface area contributed by atoms with E-state index in [2.05, 4.69) is 9.72 Å². The summed E-state index contributed by atoms with van der Waals surface area (Å²) in [6.45, 7) is 1.78. The average molecular weight is 193 g/mol. The van der Waals surface area contributed by atoms with Crippen LogP contribution in [-0.2, 0) is 9.53 Å². The molecule has 1 aromatic heterocycles. The van der Waals surface area contributed by atoms with E-state index in [0.29, 0.717) is 5.56 Å². The van der Waals surface area contributed by atoms with Crippen LogP contribution in [0.2, 0.25) is 0 Å². The fraction of sp³-hybridized carbons (Fsp3) is 0.300. The molecule has 0 radical (unpaired) electrons. The molecule has 0 aromatic carbocycles. The normalized spacial score (nSPS) is 9.57. The van der Waals surface area contributed by atoms with Gasteiger partial charge in [-0.3, -0.25) is 14.6 Å². The van der Waals surface area contributed by atoms with E-state index in [-0.39, 0.29) is 12.2 Å². The van der Waals surface area contributed by atoms with E-state index in [1.165, 1.54) is 13.3 Å². The number of nitrogens with zero attached hydrogens (tertiary/aromatic N) is 1. The highest BCUT2D eigenvalue weighted by Crippen LogP contribution is 2.08. The van der Waals surface area contributed by atoms with Gasteiger partial charge in [-0.15, -0.1) is 0 Å². The standard InChI is InChI=1S/C10H11NO3/c1-7-6-11-4-3-8(7)9(12)5-10(13)14-2/h3-4,6H,5H2,1-2H3. The largest absolute Gasteiger partial charge is 0.469 e. The number of carbonyl (C=O) groups excluding carboxylic acids is 2. The first kappa shape index (κ1) is 10.4. The van der Waals surface area contributed by atoms with Gasteiger partial charge < -0.3 is 4.74 Å². The monoisotopic (exact) mass is 193 g/mol. The molecule has 1 rings (SSSR count). The third-order valence-corrected chi connectivity index (χ3v) is 1.85. The molecule has 0 aliphatic rings. The number of methoxy groups -OCH3 is 1. The number of ether oxygens (including phenoxy) is 1. The fourth-order valence-electron chi connectivity index (χ4n) is 1.08. The van der Waals surface area contributed by atoms with E-state index in [1.54, 1.807) is 19.2 Å². The average Bonchev–Trinajstić information content (AvgIpc) is 2.18. The molecule has 14 heavy (non-hydrogen) atoms. The zero-order valence-electron chi connectivity index (χ0n) is 8.11. The van der Waals surface area contributed by atoms with Crippen LogP contribution in [0.4, 0.5) is 0 Å². The highest BCUT2D eigenvalue weighted by Gasteiger charge is 2.13. The Balaban J connectivity index is 2.80. The summed E-state index contributed by atoms with van der Waals surface area (Å²) in [5.74, 6) is -0.761. The first-order valence-corrected chi connectivity index (χ1v) is 4.15. The first-order valence-electron chi connectivity index (χ1n) is 4.15. The van der Waals surface area contributed by atoms with Crippen LogP contribution >= 0.6 is 0 Å². The van der Waals surface area contributed by atoms with Gasteiger partial charge in [0.05, 0.1) is 7.11 Å². The zero-order chi connectivity index (χ0) is 10.6. The lowest BCUT2D eigenvalue weighted by Crippen LogP contribution is -2.10. The number of Topliss-reactive ketones (excluding diaryl/α,β-unsaturated/α-hetero) is 1. The van der Waals surface area contributed by atoms with Crippen LogP contribution in [0.1, 0.15) is 22.3 Å². The molecule has 4 nitrogen and oxygen atoms in total. The number of aryl methyl sites for hydroxylation is 1. The second-order valence-electron chi connectivity index (χ2n) is 2.87. The molecule has 1 aromatic rings. The van der Waals surface area contributed by atoms with Gasteiger partial charge in [-0.2, -0.15) is 0 Å². The van der Waals surface area contributed by atoms with Crippen LogP contribution in [0, 0.1) is 6.92 Å². The quantitative estimate of drug-likeness (QED) is 0.410. The van der Waals surface area contributed by atoms with Crippen LogP contribution in [0.25, 0.3) is 0 Å². The number of esters is 1. The lowest BCUT2D eigenvalue weighted by molar-refractivity contribution is -0.139. The second-order valence-corrected chi connectivity index (χ2v) is 2.87. The van der Waals surface area contributed by atoms with Gasteiger partial charge >= 0.3 is 5.97 Å². The van der Waals surface area contributed by atoms with Crippen LogP contribution in [0.3, 0.4) is 0 Å². The van der Waals surface area contributed by atoms with Gasteiger partial charge in [0.1, 0.15) is 6.42 Å². The van der Waals surface area contributed by atoms with Gasteiger partial charge in [0.25, 0.3) is 0 Å². The summed E-state index contributed by atoms with van der Waals surface area (Å²) in [5.41, 5.74) is 1.28. The summed E-state index contributed by atoms with van der Waals surface area (Å²) < 4.78 is 4.41. The minimum absolute atomic E-state index is 0.221. The minimum Gasteiger partial charge on any atom is -0.469 e. The van der Waals surface area contributed by atoms with Crippen molar-refractivity contribution in [1.29, 1.82) is 0 Å². The molecule has 0 atom stereocenters. The summed E-state index contributed by atoms with van der Waals surface area (Å²) in [7, 11) is 1.26. The first-order chi connectivity index (χ1) is 6.65. The topological polar surface area (TPSA) is 56.3 Å². The summed E-state index contributed by atoms with van der Waals surface area (Å²) >= 11 is 0. The lowest BCUT2D eigenvalue weighted by atomic mass is 10.1. The van der Waals surface area contributed by atoms with E-state index in [9.17, 15) is 9.59 Å². The van der Waals surface area contributed by atoms with E-state index < -0.39 is 5.97 Å². The third kappa shape index (κ3) is 2.39. The van der Waals surface area contributed by atoms with Crippen molar-refractivity contribution in [3.8, 4) is 0 Å². The molecule has 0 spiro atoms. The van der Waals surface area contributed by atoms with Gasteiger partial charge in [0, 0.05) is 18.0 Å². The van der Waals surface area contributed by atoms with Gasteiger partial charge in [-0.1, -0.05) is 0 Å². The summed E-state index contributed by atoms with van der Waals surface area (Å²) in [5, 5.41) is 0. The van der Waals surface area contributed by atoms with E-state index in [0.717, 1.165) is 5.56 Å². The SMILES string of the molecule is COC(=O)CC(=O)c1ccncc1C. The van der Waals surface area contributed by atoms with Crippen molar-refractivity contribution in [3.63, 3.8) is 0 Å². The molecule has 0 bridgehead atoms. The van der Waals surface area contributed by atoms with Crippen LogP contribution in [0.5, 0.6) is 0 Å². The molecule has 4 heteroatoms. The van der Waals surface area contributed by atoms with Crippen LogP contribution < -0.4 is 0 Å². The predicted molar refractivity (Wildman–Crippen MR) is 49.9 cm³/mol. The van der Waals surface area contributed by atoms with Crippen LogP contribution in [0.15, 0.2) is 18.5 Å². The van der Waals surface area contributed by atoms with Crippen molar-refractivity contribution in [3.05, 3.63) is 29.6 Å². The van der Waals surface area contributed by atoms with Gasteiger partial charge in [-0.05, 0) is 18.6 Å². The van der Waals surface area contributed by atoms with Crippen molar-refractivity contribution < 1.29 is 14.3 Å². The Labute approximate surface area is 81.9 Å². The molecule has 0 fully saturated rings. The van der Waals surface area contributed by atoms with Crippen molar-refractivity contribution >= 4 is 11.8 Å². The number of pyridine rings is 1. The Morgan fingerprint density at radius 2 is 2.21 bits per heavy atom. The van der Waals surface area contributed by atoms with Gasteiger partial charge in [0.15, 0.2) is 5.78 Å². The number of ketones is 1.